The second-order valence-corrected chi connectivity index (χ2v) is 10.7. The molecule has 0 heterocycles. The van der Waals surface area contributed by atoms with Gasteiger partial charge < -0.3 is 15.7 Å². The summed E-state index contributed by atoms with van der Waals surface area (Å²) >= 11 is 0. The molecule has 3 atom stereocenters. The number of rotatable bonds is 7. The second kappa shape index (κ2) is 6.78. The van der Waals surface area contributed by atoms with E-state index in [2.05, 4.69) is 24.5 Å². The summed E-state index contributed by atoms with van der Waals surface area (Å²) in [4.78, 5) is 36.6. The normalized spacial score (nSPS) is 37.9. The Hall–Kier alpha value is -1.59. The van der Waals surface area contributed by atoms with Crippen molar-refractivity contribution >= 4 is 17.8 Å². The standard InChI is InChI=1S/C21H34N2O4/c1-13(2)5-15(17(25)26)23-16(24)9-22-18(27)21-8-14-6-19(3,11-21)10-20(4,7-14)12-21/h13-15H,5-12H2,1-4H3,(H,22,27)(H,23,24)(H,25,26)/t14?,15-,19?,20?,21?/m0/s1. The van der Waals surface area contributed by atoms with Gasteiger partial charge in [0.15, 0.2) is 0 Å². The summed E-state index contributed by atoms with van der Waals surface area (Å²) in [5.74, 6) is -0.716. The van der Waals surface area contributed by atoms with Crippen LogP contribution in [0.4, 0.5) is 0 Å². The summed E-state index contributed by atoms with van der Waals surface area (Å²) in [6.07, 6.45) is 6.74. The molecule has 0 saturated heterocycles. The van der Waals surface area contributed by atoms with Gasteiger partial charge >= 0.3 is 5.97 Å². The lowest BCUT2D eigenvalue weighted by Gasteiger charge is -2.64. The molecule has 4 rings (SSSR count). The maximum absolute atomic E-state index is 13.1. The van der Waals surface area contributed by atoms with Crippen LogP contribution in [0, 0.1) is 28.1 Å². The lowest BCUT2D eigenvalue weighted by atomic mass is 9.40. The maximum Gasteiger partial charge on any atom is 0.326 e. The van der Waals surface area contributed by atoms with Gasteiger partial charge in [-0.2, -0.15) is 0 Å². The fraction of sp³-hybridized carbons (Fsp3) is 0.857. The van der Waals surface area contributed by atoms with Crippen LogP contribution < -0.4 is 10.6 Å². The van der Waals surface area contributed by atoms with Crippen molar-refractivity contribution in [2.75, 3.05) is 6.54 Å². The molecule has 4 fully saturated rings. The second-order valence-electron chi connectivity index (χ2n) is 10.7. The fourth-order valence-corrected chi connectivity index (χ4v) is 6.99. The molecule has 27 heavy (non-hydrogen) atoms. The molecule has 2 amide bonds. The minimum atomic E-state index is -1.04. The first kappa shape index (κ1) is 20.2. The number of hydrogen-bond donors (Lipinski definition) is 3. The molecule has 0 aliphatic heterocycles. The van der Waals surface area contributed by atoms with Crippen LogP contribution in [0.15, 0.2) is 0 Å². The third-order valence-electron chi connectivity index (χ3n) is 6.86. The lowest BCUT2D eigenvalue weighted by molar-refractivity contribution is -0.170. The first-order valence-corrected chi connectivity index (χ1v) is 10.2. The monoisotopic (exact) mass is 378 g/mol. The van der Waals surface area contributed by atoms with Gasteiger partial charge in [0.2, 0.25) is 11.8 Å². The molecule has 6 heteroatoms. The van der Waals surface area contributed by atoms with Gasteiger partial charge in [-0.15, -0.1) is 0 Å². The van der Waals surface area contributed by atoms with Crippen molar-refractivity contribution in [2.45, 2.75) is 78.7 Å². The van der Waals surface area contributed by atoms with E-state index in [1.165, 1.54) is 19.3 Å². The van der Waals surface area contributed by atoms with Crippen molar-refractivity contribution < 1.29 is 19.5 Å². The summed E-state index contributed by atoms with van der Waals surface area (Å²) in [7, 11) is 0. The van der Waals surface area contributed by atoms with Crippen LogP contribution in [-0.4, -0.2) is 35.5 Å². The SMILES string of the molecule is CC(C)C[C@H](NC(=O)CNC(=O)C12CC3CC(C)(CC(C)(C3)C1)C2)C(=O)O. The van der Waals surface area contributed by atoms with E-state index in [0.717, 1.165) is 19.3 Å². The van der Waals surface area contributed by atoms with Crippen molar-refractivity contribution in [3.05, 3.63) is 0 Å². The van der Waals surface area contributed by atoms with Crippen molar-refractivity contribution in [1.29, 1.82) is 0 Å². The number of carboxylic acids is 1. The van der Waals surface area contributed by atoms with Crippen molar-refractivity contribution in [3.8, 4) is 0 Å². The van der Waals surface area contributed by atoms with Crippen LogP contribution in [0.5, 0.6) is 0 Å². The average Bonchev–Trinajstić information content (AvgIpc) is 2.47. The van der Waals surface area contributed by atoms with Crippen molar-refractivity contribution in [1.82, 2.24) is 10.6 Å². The number of nitrogens with one attached hydrogen (secondary N) is 2. The van der Waals surface area contributed by atoms with Crippen molar-refractivity contribution in [3.63, 3.8) is 0 Å². The highest BCUT2D eigenvalue weighted by atomic mass is 16.4. The van der Waals surface area contributed by atoms with Gasteiger partial charge in [-0.3, -0.25) is 9.59 Å². The molecule has 0 aromatic carbocycles. The molecular formula is C21H34N2O4. The minimum absolute atomic E-state index is 0.0186. The number of hydrogen-bond acceptors (Lipinski definition) is 3. The predicted molar refractivity (Wildman–Crippen MR) is 102 cm³/mol. The van der Waals surface area contributed by atoms with E-state index >= 15 is 0 Å². The molecule has 0 aromatic heterocycles. The average molecular weight is 379 g/mol. The van der Waals surface area contributed by atoms with Crippen LogP contribution in [0.3, 0.4) is 0 Å². The molecule has 6 nitrogen and oxygen atoms in total. The van der Waals surface area contributed by atoms with Gasteiger partial charge in [0.25, 0.3) is 0 Å². The molecule has 0 spiro atoms. The predicted octanol–water partition coefficient (Wildman–Crippen LogP) is 2.71. The van der Waals surface area contributed by atoms with Gasteiger partial charge in [-0.1, -0.05) is 27.7 Å². The molecular weight excluding hydrogens is 344 g/mol. The number of carboxylic acid groups (broad SMARTS) is 1. The molecule has 2 unspecified atom stereocenters. The van der Waals surface area contributed by atoms with Crippen molar-refractivity contribution in [2.24, 2.45) is 28.1 Å². The highest BCUT2D eigenvalue weighted by Crippen LogP contribution is 2.69. The topological polar surface area (TPSA) is 95.5 Å². The third kappa shape index (κ3) is 4.14. The van der Waals surface area contributed by atoms with Crippen LogP contribution in [0.2, 0.25) is 0 Å². The van der Waals surface area contributed by atoms with E-state index in [1.54, 1.807) is 0 Å². The zero-order valence-electron chi connectivity index (χ0n) is 17.1. The van der Waals surface area contributed by atoms with Gasteiger partial charge in [0.1, 0.15) is 6.04 Å². The van der Waals surface area contributed by atoms with E-state index in [0.29, 0.717) is 12.3 Å². The summed E-state index contributed by atoms with van der Waals surface area (Å²) in [6.45, 7) is 8.30. The summed E-state index contributed by atoms with van der Waals surface area (Å²) in [5, 5.41) is 14.6. The molecule has 4 bridgehead atoms. The van der Waals surface area contributed by atoms with E-state index in [1.807, 2.05) is 13.8 Å². The van der Waals surface area contributed by atoms with E-state index in [4.69, 9.17) is 0 Å². The van der Waals surface area contributed by atoms with Gasteiger partial charge in [-0.25, -0.2) is 4.79 Å². The van der Waals surface area contributed by atoms with E-state index in [9.17, 15) is 19.5 Å². The molecule has 4 aliphatic carbocycles. The third-order valence-corrected chi connectivity index (χ3v) is 6.86. The Balaban J connectivity index is 1.59. The van der Waals surface area contributed by atoms with E-state index in [-0.39, 0.29) is 34.6 Å². The number of amides is 2. The number of carbonyl (C=O) groups excluding carboxylic acids is 2. The minimum Gasteiger partial charge on any atom is -0.480 e. The molecule has 152 valence electrons. The highest BCUT2D eigenvalue weighted by molar-refractivity contribution is 5.90. The first-order valence-electron chi connectivity index (χ1n) is 10.2. The van der Waals surface area contributed by atoms with Gasteiger partial charge in [0.05, 0.1) is 12.0 Å². The Morgan fingerprint density at radius 2 is 1.63 bits per heavy atom. The molecule has 0 aromatic rings. The summed E-state index contributed by atoms with van der Waals surface area (Å²) in [5.41, 5.74) is 0.117. The molecule has 4 aliphatic rings. The zero-order chi connectivity index (χ0) is 20.0. The Kier molecular flexibility index (Phi) is 5.06. The van der Waals surface area contributed by atoms with Crippen LogP contribution in [0.1, 0.15) is 72.6 Å². The number of aliphatic carboxylic acids is 1. The molecule has 0 radical (unpaired) electrons. The first-order chi connectivity index (χ1) is 12.4. The van der Waals surface area contributed by atoms with Gasteiger partial charge in [-0.05, 0) is 67.6 Å². The molecule has 4 saturated carbocycles. The van der Waals surface area contributed by atoms with Crippen LogP contribution >= 0.6 is 0 Å². The fourth-order valence-electron chi connectivity index (χ4n) is 6.99. The highest BCUT2D eigenvalue weighted by Gasteiger charge is 2.62. The maximum atomic E-state index is 13.1. The number of carbonyl (C=O) groups is 3. The Labute approximate surface area is 161 Å². The lowest BCUT2D eigenvalue weighted by Crippen LogP contribution is -2.60. The van der Waals surface area contributed by atoms with Crippen LogP contribution in [-0.2, 0) is 14.4 Å². The Morgan fingerprint density at radius 3 is 2.11 bits per heavy atom. The van der Waals surface area contributed by atoms with Crippen LogP contribution in [0.25, 0.3) is 0 Å². The molecule has 3 N–H and O–H groups in total. The zero-order valence-corrected chi connectivity index (χ0v) is 17.1. The Morgan fingerprint density at radius 1 is 1.04 bits per heavy atom. The van der Waals surface area contributed by atoms with Gasteiger partial charge in [0, 0.05) is 0 Å². The quantitative estimate of drug-likeness (QED) is 0.635. The Bertz CT molecular complexity index is 626. The smallest absolute Gasteiger partial charge is 0.326 e. The summed E-state index contributed by atoms with van der Waals surface area (Å²) in [6, 6.07) is -0.910. The van der Waals surface area contributed by atoms with E-state index < -0.39 is 17.9 Å². The largest absolute Gasteiger partial charge is 0.480 e. The summed E-state index contributed by atoms with van der Waals surface area (Å²) < 4.78 is 0.